The number of hydrogen-bond acceptors (Lipinski definition) is 4. The van der Waals surface area contributed by atoms with E-state index in [1.54, 1.807) is 11.3 Å². The van der Waals surface area contributed by atoms with Crippen LogP contribution in [-0.4, -0.2) is 32.8 Å². The van der Waals surface area contributed by atoms with E-state index in [4.69, 9.17) is 0 Å². The van der Waals surface area contributed by atoms with Gasteiger partial charge in [0.25, 0.3) is 0 Å². The quantitative estimate of drug-likeness (QED) is 0.811. The summed E-state index contributed by atoms with van der Waals surface area (Å²) in [6.45, 7) is 6.26. The molecule has 0 atom stereocenters. The van der Waals surface area contributed by atoms with E-state index in [1.807, 2.05) is 6.92 Å². The minimum absolute atomic E-state index is 1.00. The molecule has 4 nitrogen and oxygen atoms in total. The fraction of sp³-hybridized carbons (Fsp3) is 0.500. The lowest BCUT2D eigenvalue weighted by molar-refractivity contribution is 0.271. The predicted octanol–water partition coefficient (Wildman–Crippen LogP) is 1.71. The molecular weight excluding hydrogens is 232 g/mol. The number of rotatable bonds is 2. The van der Waals surface area contributed by atoms with Gasteiger partial charge in [-0.1, -0.05) is 0 Å². The SMILES string of the molecule is Cc1nnc2n1CCN(Cc1ccsc1)CC2. The summed E-state index contributed by atoms with van der Waals surface area (Å²) in [4.78, 5) is 2.50. The Balaban J connectivity index is 1.69. The summed E-state index contributed by atoms with van der Waals surface area (Å²) in [6, 6.07) is 2.21. The number of thiophene rings is 1. The van der Waals surface area contributed by atoms with Gasteiger partial charge >= 0.3 is 0 Å². The molecule has 0 N–H and O–H groups in total. The molecule has 2 aromatic rings. The average Bonchev–Trinajstić information content (AvgIpc) is 2.88. The molecule has 3 heterocycles. The minimum Gasteiger partial charge on any atom is -0.314 e. The Hall–Kier alpha value is -1.20. The molecule has 5 heteroatoms. The van der Waals surface area contributed by atoms with Crippen molar-refractivity contribution in [3.05, 3.63) is 34.0 Å². The summed E-state index contributed by atoms with van der Waals surface area (Å²) in [5.74, 6) is 2.17. The zero-order valence-corrected chi connectivity index (χ0v) is 10.8. The van der Waals surface area contributed by atoms with Gasteiger partial charge in [-0.05, 0) is 29.3 Å². The smallest absolute Gasteiger partial charge is 0.134 e. The van der Waals surface area contributed by atoms with Gasteiger partial charge < -0.3 is 4.57 Å². The third-order valence-corrected chi connectivity index (χ3v) is 4.02. The fourth-order valence-corrected chi connectivity index (χ4v) is 2.97. The van der Waals surface area contributed by atoms with E-state index in [9.17, 15) is 0 Å². The first-order chi connectivity index (χ1) is 8.33. The maximum atomic E-state index is 4.24. The molecule has 0 bridgehead atoms. The van der Waals surface area contributed by atoms with Crippen molar-refractivity contribution in [2.24, 2.45) is 0 Å². The molecule has 0 saturated heterocycles. The second-order valence-corrected chi connectivity index (χ2v) is 5.25. The number of aryl methyl sites for hydroxylation is 1. The van der Waals surface area contributed by atoms with Gasteiger partial charge in [-0.2, -0.15) is 11.3 Å². The summed E-state index contributed by atoms with van der Waals surface area (Å²) in [5, 5.41) is 12.8. The maximum Gasteiger partial charge on any atom is 0.134 e. The van der Waals surface area contributed by atoms with Gasteiger partial charge in [-0.15, -0.1) is 10.2 Å². The number of aromatic nitrogens is 3. The highest BCUT2D eigenvalue weighted by atomic mass is 32.1. The maximum absolute atomic E-state index is 4.24. The largest absolute Gasteiger partial charge is 0.314 e. The van der Waals surface area contributed by atoms with Crippen LogP contribution in [0.15, 0.2) is 16.8 Å². The zero-order valence-electron chi connectivity index (χ0n) is 9.96. The summed E-state index contributed by atoms with van der Waals surface area (Å²) in [5.41, 5.74) is 1.42. The lowest BCUT2D eigenvalue weighted by atomic mass is 10.3. The first-order valence-electron chi connectivity index (χ1n) is 5.95. The fourth-order valence-electron chi connectivity index (χ4n) is 2.31. The van der Waals surface area contributed by atoms with Gasteiger partial charge in [0, 0.05) is 32.6 Å². The molecule has 0 aromatic carbocycles. The Morgan fingerprint density at radius 3 is 3.06 bits per heavy atom. The van der Waals surface area contributed by atoms with Gasteiger partial charge in [0.05, 0.1) is 0 Å². The zero-order chi connectivity index (χ0) is 11.7. The van der Waals surface area contributed by atoms with E-state index < -0.39 is 0 Å². The Kier molecular flexibility index (Phi) is 2.94. The van der Waals surface area contributed by atoms with Crippen molar-refractivity contribution in [3.63, 3.8) is 0 Å². The Labute approximate surface area is 105 Å². The van der Waals surface area contributed by atoms with Crippen LogP contribution in [0, 0.1) is 6.92 Å². The molecular formula is C12H16N4S. The van der Waals surface area contributed by atoms with E-state index in [-0.39, 0.29) is 0 Å². The molecule has 90 valence electrons. The highest BCUT2D eigenvalue weighted by molar-refractivity contribution is 7.07. The molecule has 0 spiro atoms. The molecule has 1 aliphatic heterocycles. The lowest BCUT2D eigenvalue weighted by Crippen LogP contribution is -2.26. The number of nitrogens with zero attached hydrogens (tertiary/aromatic N) is 4. The van der Waals surface area contributed by atoms with Crippen LogP contribution in [0.5, 0.6) is 0 Å². The third kappa shape index (κ3) is 2.25. The molecule has 0 fully saturated rings. The molecule has 17 heavy (non-hydrogen) atoms. The van der Waals surface area contributed by atoms with Crippen LogP contribution in [0.3, 0.4) is 0 Å². The van der Waals surface area contributed by atoms with E-state index in [0.29, 0.717) is 0 Å². The standard InChI is InChI=1S/C12H16N4S/c1-10-13-14-12-2-4-15(5-6-16(10)12)8-11-3-7-17-9-11/h3,7,9H,2,4-6,8H2,1H3. The van der Waals surface area contributed by atoms with E-state index in [0.717, 1.165) is 44.2 Å². The summed E-state index contributed by atoms with van der Waals surface area (Å²) in [7, 11) is 0. The molecule has 0 saturated carbocycles. The molecule has 0 aliphatic carbocycles. The second-order valence-electron chi connectivity index (χ2n) is 4.47. The Morgan fingerprint density at radius 1 is 1.29 bits per heavy atom. The van der Waals surface area contributed by atoms with Crippen molar-refractivity contribution in [3.8, 4) is 0 Å². The second kappa shape index (κ2) is 4.58. The topological polar surface area (TPSA) is 34.0 Å². The van der Waals surface area contributed by atoms with Crippen LogP contribution in [0.25, 0.3) is 0 Å². The van der Waals surface area contributed by atoms with Crippen molar-refractivity contribution < 1.29 is 0 Å². The normalized spacial score (nSPS) is 16.8. The van der Waals surface area contributed by atoms with Crippen LogP contribution < -0.4 is 0 Å². The monoisotopic (exact) mass is 248 g/mol. The van der Waals surface area contributed by atoms with Crippen molar-refractivity contribution in [1.82, 2.24) is 19.7 Å². The third-order valence-electron chi connectivity index (χ3n) is 3.29. The molecule has 2 aromatic heterocycles. The van der Waals surface area contributed by atoms with Crippen molar-refractivity contribution in [2.45, 2.75) is 26.4 Å². The lowest BCUT2D eigenvalue weighted by Gasteiger charge is -2.18. The summed E-state index contributed by atoms with van der Waals surface area (Å²) in [6.07, 6.45) is 1.00. The van der Waals surface area contributed by atoms with Crippen molar-refractivity contribution in [1.29, 1.82) is 0 Å². The van der Waals surface area contributed by atoms with E-state index in [2.05, 4.69) is 36.5 Å². The Morgan fingerprint density at radius 2 is 2.24 bits per heavy atom. The van der Waals surface area contributed by atoms with Gasteiger partial charge in [0.15, 0.2) is 0 Å². The van der Waals surface area contributed by atoms with Gasteiger partial charge in [-0.25, -0.2) is 0 Å². The van der Waals surface area contributed by atoms with Crippen LogP contribution in [0.4, 0.5) is 0 Å². The van der Waals surface area contributed by atoms with Crippen molar-refractivity contribution >= 4 is 11.3 Å². The summed E-state index contributed by atoms with van der Waals surface area (Å²) >= 11 is 1.77. The summed E-state index contributed by atoms with van der Waals surface area (Å²) < 4.78 is 2.24. The van der Waals surface area contributed by atoms with Crippen molar-refractivity contribution in [2.75, 3.05) is 13.1 Å². The van der Waals surface area contributed by atoms with Crippen LogP contribution in [0.1, 0.15) is 17.2 Å². The minimum atomic E-state index is 1.00. The highest BCUT2D eigenvalue weighted by Gasteiger charge is 2.16. The molecule has 1 aliphatic rings. The average molecular weight is 248 g/mol. The Bertz CT molecular complexity index is 489. The van der Waals surface area contributed by atoms with E-state index >= 15 is 0 Å². The van der Waals surface area contributed by atoms with Crippen LogP contribution in [0.2, 0.25) is 0 Å². The predicted molar refractivity (Wildman–Crippen MR) is 68.1 cm³/mol. The number of fused-ring (bicyclic) bond motifs is 1. The van der Waals surface area contributed by atoms with Crippen LogP contribution >= 0.6 is 11.3 Å². The highest BCUT2D eigenvalue weighted by Crippen LogP contribution is 2.13. The van der Waals surface area contributed by atoms with Gasteiger partial charge in [0.1, 0.15) is 11.6 Å². The van der Waals surface area contributed by atoms with Gasteiger partial charge in [0.2, 0.25) is 0 Å². The molecule has 0 amide bonds. The molecule has 3 rings (SSSR count). The van der Waals surface area contributed by atoms with Crippen LogP contribution in [-0.2, 0) is 19.5 Å². The van der Waals surface area contributed by atoms with Gasteiger partial charge in [-0.3, -0.25) is 4.90 Å². The first-order valence-corrected chi connectivity index (χ1v) is 6.89. The number of hydrogen-bond donors (Lipinski definition) is 0. The van der Waals surface area contributed by atoms with E-state index in [1.165, 1.54) is 5.56 Å². The first kappa shape index (κ1) is 10.9. The molecule has 0 radical (unpaired) electrons. The molecule has 0 unspecified atom stereocenters.